The van der Waals surface area contributed by atoms with Gasteiger partial charge in [-0.15, -0.1) is 0 Å². The van der Waals surface area contributed by atoms with Crippen LogP contribution < -0.4 is 5.32 Å². The van der Waals surface area contributed by atoms with Crippen molar-refractivity contribution in [3.8, 4) is 11.3 Å². The molecule has 0 amide bonds. The summed E-state index contributed by atoms with van der Waals surface area (Å²) >= 11 is 0. The highest BCUT2D eigenvalue weighted by Gasteiger charge is 2.17. The molecule has 1 heterocycles. The van der Waals surface area contributed by atoms with Crippen LogP contribution >= 0.6 is 0 Å². The highest BCUT2D eigenvalue weighted by atomic mass is 16.5. The topological polar surface area (TPSA) is 47.0 Å². The van der Waals surface area contributed by atoms with Crippen molar-refractivity contribution in [2.75, 3.05) is 19.5 Å². The molecule has 1 atom stereocenters. The normalized spacial score (nSPS) is 12.2. The number of aromatic nitrogens is 2. The van der Waals surface area contributed by atoms with Crippen LogP contribution in [0.25, 0.3) is 11.3 Å². The summed E-state index contributed by atoms with van der Waals surface area (Å²) in [4.78, 5) is 9.29. The second-order valence-corrected chi connectivity index (χ2v) is 4.65. The largest absolute Gasteiger partial charge is 0.373 e. The van der Waals surface area contributed by atoms with E-state index < -0.39 is 0 Å². The van der Waals surface area contributed by atoms with Gasteiger partial charge in [0.15, 0.2) is 5.82 Å². The van der Waals surface area contributed by atoms with Gasteiger partial charge in [-0.2, -0.15) is 0 Å². The van der Waals surface area contributed by atoms with Gasteiger partial charge >= 0.3 is 0 Å². The summed E-state index contributed by atoms with van der Waals surface area (Å²) in [5.41, 5.74) is 3.10. The fourth-order valence-electron chi connectivity index (χ4n) is 2.25. The second kappa shape index (κ2) is 6.48. The van der Waals surface area contributed by atoms with Crippen molar-refractivity contribution in [1.29, 1.82) is 0 Å². The van der Waals surface area contributed by atoms with Crippen molar-refractivity contribution in [2.24, 2.45) is 0 Å². The number of benzene rings is 1. The predicted octanol–water partition coefficient (Wildman–Crippen LogP) is 3.59. The minimum absolute atomic E-state index is 0.0786. The molecular weight excluding hydrogens is 250 g/mol. The molecule has 0 fully saturated rings. The summed E-state index contributed by atoms with van der Waals surface area (Å²) in [6.07, 6.45) is 0.766. The molecule has 20 heavy (non-hydrogen) atoms. The van der Waals surface area contributed by atoms with E-state index in [1.165, 1.54) is 0 Å². The third-order valence-electron chi connectivity index (χ3n) is 3.39. The van der Waals surface area contributed by atoms with E-state index in [9.17, 15) is 0 Å². The summed E-state index contributed by atoms with van der Waals surface area (Å²) in [6.45, 7) is 4.10. The number of hydrogen-bond acceptors (Lipinski definition) is 4. The van der Waals surface area contributed by atoms with Gasteiger partial charge in [-0.1, -0.05) is 37.3 Å². The summed E-state index contributed by atoms with van der Waals surface area (Å²) in [7, 11) is 3.57. The van der Waals surface area contributed by atoms with E-state index in [4.69, 9.17) is 9.72 Å². The summed E-state index contributed by atoms with van der Waals surface area (Å²) < 4.78 is 5.46. The van der Waals surface area contributed by atoms with Crippen LogP contribution in [0.5, 0.6) is 0 Å². The number of methoxy groups -OCH3 is 1. The number of hydrogen-bond donors (Lipinski definition) is 1. The third-order valence-corrected chi connectivity index (χ3v) is 3.39. The van der Waals surface area contributed by atoms with Gasteiger partial charge in [0.1, 0.15) is 11.9 Å². The molecule has 2 rings (SSSR count). The predicted molar refractivity (Wildman–Crippen MR) is 81.8 cm³/mol. The molecular formula is C16H21N3O. The minimum Gasteiger partial charge on any atom is -0.373 e. The van der Waals surface area contributed by atoms with E-state index in [2.05, 4.69) is 29.4 Å². The maximum Gasteiger partial charge on any atom is 0.160 e. The molecule has 0 bridgehead atoms. The molecule has 1 N–H and O–H groups in total. The number of nitrogens with one attached hydrogen (secondary N) is 1. The van der Waals surface area contributed by atoms with E-state index in [1.807, 2.05) is 32.2 Å². The molecule has 4 heteroatoms. The van der Waals surface area contributed by atoms with Crippen LogP contribution in [0.1, 0.15) is 30.8 Å². The van der Waals surface area contributed by atoms with Crippen molar-refractivity contribution in [3.05, 3.63) is 41.7 Å². The minimum atomic E-state index is -0.0786. The van der Waals surface area contributed by atoms with Crippen LogP contribution in [-0.4, -0.2) is 24.1 Å². The zero-order valence-electron chi connectivity index (χ0n) is 12.5. The Labute approximate surface area is 120 Å². The maximum absolute atomic E-state index is 5.46. The van der Waals surface area contributed by atoms with E-state index >= 15 is 0 Å². The van der Waals surface area contributed by atoms with E-state index in [0.717, 1.165) is 34.9 Å². The van der Waals surface area contributed by atoms with Gasteiger partial charge < -0.3 is 10.1 Å². The van der Waals surface area contributed by atoms with Crippen molar-refractivity contribution in [2.45, 2.75) is 26.4 Å². The molecule has 106 valence electrons. The summed E-state index contributed by atoms with van der Waals surface area (Å²) in [5, 5.41) is 3.14. The van der Waals surface area contributed by atoms with Gasteiger partial charge in [-0.3, -0.25) is 0 Å². The number of nitrogens with zero attached hydrogens (tertiary/aromatic N) is 2. The molecule has 1 unspecified atom stereocenters. The standard InChI is InChI=1S/C16H21N3O/c1-5-13(20-4)16-18-14(11(2)15(17-3)19-16)12-9-7-6-8-10-12/h6-10,13H,5H2,1-4H3,(H,17,18,19). The SMILES string of the molecule is CCC(OC)c1nc(NC)c(C)c(-c2ccccc2)n1. The van der Waals surface area contributed by atoms with Crippen LogP contribution in [0.15, 0.2) is 30.3 Å². The Balaban J connectivity index is 2.58. The lowest BCUT2D eigenvalue weighted by Gasteiger charge is -2.17. The number of anilines is 1. The first-order valence-corrected chi connectivity index (χ1v) is 6.85. The Bertz CT molecular complexity index is 565. The molecule has 1 aromatic heterocycles. The number of ether oxygens (including phenoxy) is 1. The molecule has 4 nitrogen and oxygen atoms in total. The van der Waals surface area contributed by atoms with Crippen molar-refractivity contribution < 1.29 is 4.74 Å². The number of rotatable bonds is 5. The molecule has 2 aromatic rings. The average molecular weight is 271 g/mol. The van der Waals surface area contributed by atoms with Crippen LogP contribution in [0, 0.1) is 6.92 Å². The van der Waals surface area contributed by atoms with Crippen LogP contribution in [0.3, 0.4) is 0 Å². The molecule has 0 aliphatic carbocycles. The van der Waals surface area contributed by atoms with Gasteiger partial charge in [0.2, 0.25) is 0 Å². The smallest absolute Gasteiger partial charge is 0.160 e. The zero-order chi connectivity index (χ0) is 14.5. The Morgan fingerprint density at radius 3 is 2.45 bits per heavy atom. The molecule has 0 radical (unpaired) electrons. The Kier molecular flexibility index (Phi) is 4.69. The van der Waals surface area contributed by atoms with Crippen molar-refractivity contribution in [3.63, 3.8) is 0 Å². The Morgan fingerprint density at radius 2 is 1.90 bits per heavy atom. The lowest BCUT2D eigenvalue weighted by molar-refractivity contribution is 0.0928. The maximum atomic E-state index is 5.46. The zero-order valence-corrected chi connectivity index (χ0v) is 12.5. The van der Waals surface area contributed by atoms with Crippen LogP contribution in [-0.2, 0) is 4.74 Å². The van der Waals surface area contributed by atoms with Crippen LogP contribution in [0.4, 0.5) is 5.82 Å². The van der Waals surface area contributed by atoms with Gasteiger partial charge in [0.25, 0.3) is 0 Å². The molecule has 0 aliphatic heterocycles. The van der Waals surface area contributed by atoms with Gasteiger partial charge in [0.05, 0.1) is 5.69 Å². The first-order chi connectivity index (χ1) is 9.71. The monoisotopic (exact) mass is 271 g/mol. The van der Waals surface area contributed by atoms with Gasteiger partial charge in [0, 0.05) is 25.3 Å². The quantitative estimate of drug-likeness (QED) is 0.902. The fraction of sp³-hybridized carbons (Fsp3) is 0.375. The molecule has 1 aromatic carbocycles. The fourth-order valence-corrected chi connectivity index (χ4v) is 2.25. The van der Waals surface area contributed by atoms with Gasteiger partial charge in [-0.05, 0) is 13.3 Å². The molecule has 0 aliphatic rings. The highest BCUT2D eigenvalue weighted by molar-refractivity contribution is 5.68. The lowest BCUT2D eigenvalue weighted by Crippen LogP contribution is -2.10. The van der Waals surface area contributed by atoms with E-state index in [-0.39, 0.29) is 6.10 Å². The van der Waals surface area contributed by atoms with E-state index in [0.29, 0.717) is 0 Å². The average Bonchev–Trinajstić information content (AvgIpc) is 2.50. The Hall–Kier alpha value is -1.94. The molecule has 0 saturated heterocycles. The molecule has 0 spiro atoms. The Morgan fingerprint density at radius 1 is 1.20 bits per heavy atom. The van der Waals surface area contributed by atoms with Gasteiger partial charge in [-0.25, -0.2) is 9.97 Å². The molecule has 0 saturated carbocycles. The summed E-state index contributed by atoms with van der Waals surface area (Å²) in [5.74, 6) is 1.58. The third kappa shape index (κ3) is 2.80. The lowest BCUT2D eigenvalue weighted by atomic mass is 10.1. The van der Waals surface area contributed by atoms with E-state index in [1.54, 1.807) is 7.11 Å². The first kappa shape index (κ1) is 14.5. The van der Waals surface area contributed by atoms with Crippen molar-refractivity contribution >= 4 is 5.82 Å². The highest BCUT2D eigenvalue weighted by Crippen LogP contribution is 2.28. The first-order valence-electron chi connectivity index (χ1n) is 6.85. The second-order valence-electron chi connectivity index (χ2n) is 4.65. The summed E-state index contributed by atoms with van der Waals surface area (Å²) in [6, 6.07) is 10.2. The van der Waals surface area contributed by atoms with Crippen LogP contribution in [0.2, 0.25) is 0 Å². The van der Waals surface area contributed by atoms with Crippen molar-refractivity contribution in [1.82, 2.24) is 9.97 Å².